The van der Waals surface area contributed by atoms with Gasteiger partial charge in [0.25, 0.3) is 0 Å². The van der Waals surface area contributed by atoms with Gasteiger partial charge in [-0.1, -0.05) is 37.8 Å². The van der Waals surface area contributed by atoms with Gasteiger partial charge < -0.3 is 5.11 Å². The van der Waals surface area contributed by atoms with Crippen molar-refractivity contribution in [2.75, 3.05) is 0 Å². The molecule has 1 atom stereocenters. The number of hydrogen-bond donors (Lipinski definition) is 1. The molecule has 1 aliphatic rings. The normalized spacial score (nSPS) is 17.8. The third-order valence-electron chi connectivity index (χ3n) is 3.84. The first-order valence-corrected chi connectivity index (χ1v) is 6.62. The molecule has 0 saturated heterocycles. The lowest BCUT2D eigenvalue weighted by molar-refractivity contribution is -0.142. The van der Waals surface area contributed by atoms with E-state index in [1.54, 1.807) is 12.1 Å². The second-order valence-corrected chi connectivity index (χ2v) is 5.25. The van der Waals surface area contributed by atoms with Crippen LogP contribution in [0.2, 0.25) is 0 Å². The van der Waals surface area contributed by atoms with Gasteiger partial charge in [-0.3, -0.25) is 4.79 Å². The molecule has 1 fully saturated rings. The summed E-state index contributed by atoms with van der Waals surface area (Å²) >= 11 is 0. The molecule has 98 valence electrons. The van der Waals surface area contributed by atoms with Crippen LogP contribution in [0.3, 0.4) is 0 Å². The zero-order valence-corrected chi connectivity index (χ0v) is 10.4. The van der Waals surface area contributed by atoms with Crippen molar-refractivity contribution < 1.29 is 14.3 Å². The van der Waals surface area contributed by atoms with E-state index in [2.05, 4.69) is 0 Å². The van der Waals surface area contributed by atoms with Crippen LogP contribution < -0.4 is 0 Å². The molecule has 1 N–H and O–H groups in total. The summed E-state index contributed by atoms with van der Waals surface area (Å²) in [5, 5.41) is 9.28. The highest BCUT2D eigenvalue weighted by Crippen LogP contribution is 2.31. The third kappa shape index (κ3) is 3.56. The molecule has 3 heteroatoms. The molecule has 2 rings (SSSR count). The van der Waals surface area contributed by atoms with Crippen molar-refractivity contribution in [2.24, 2.45) is 11.8 Å². The first kappa shape index (κ1) is 13.1. The van der Waals surface area contributed by atoms with Gasteiger partial charge in [0.15, 0.2) is 0 Å². The van der Waals surface area contributed by atoms with Crippen molar-refractivity contribution >= 4 is 5.97 Å². The van der Waals surface area contributed by atoms with E-state index >= 15 is 0 Å². The Morgan fingerprint density at radius 2 is 1.89 bits per heavy atom. The number of benzene rings is 1. The van der Waals surface area contributed by atoms with E-state index in [0.717, 1.165) is 24.8 Å². The molecule has 0 radical (unpaired) electrons. The Hall–Kier alpha value is -1.38. The van der Waals surface area contributed by atoms with E-state index in [-0.39, 0.29) is 11.7 Å². The van der Waals surface area contributed by atoms with E-state index < -0.39 is 5.97 Å². The minimum atomic E-state index is -0.730. The van der Waals surface area contributed by atoms with Gasteiger partial charge in [-0.25, -0.2) is 4.39 Å². The minimum absolute atomic E-state index is 0.276. The second kappa shape index (κ2) is 5.98. The molecule has 2 nitrogen and oxygen atoms in total. The van der Waals surface area contributed by atoms with Crippen LogP contribution in [0.4, 0.5) is 4.39 Å². The maximum Gasteiger partial charge on any atom is 0.306 e. The van der Waals surface area contributed by atoms with Crippen LogP contribution in [0, 0.1) is 17.7 Å². The van der Waals surface area contributed by atoms with E-state index in [1.165, 1.54) is 25.0 Å². The summed E-state index contributed by atoms with van der Waals surface area (Å²) < 4.78 is 12.8. The molecule has 0 heterocycles. The molecular formula is C15H19FO2. The van der Waals surface area contributed by atoms with Crippen LogP contribution in [-0.4, -0.2) is 11.1 Å². The molecule has 0 spiro atoms. The molecule has 0 amide bonds. The largest absolute Gasteiger partial charge is 0.481 e. The first-order valence-electron chi connectivity index (χ1n) is 6.62. The van der Waals surface area contributed by atoms with E-state index in [1.807, 2.05) is 0 Å². The molecule has 1 aromatic carbocycles. The van der Waals surface area contributed by atoms with E-state index in [9.17, 15) is 14.3 Å². The Labute approximate surface area is 107 Å². The smallest absolute Gasteiger partial charge is 0.306 e. The summed E-state index contributed by atoms with van der Waals surface area (Å²) in [5.74, 6) is -0.780. The molecule has 0 aromatic heterocycles. The topological polar surface area (TPSA) is 37.3 Å². The molecule has 1 aliphatic carbocycles. The first-order chi connectivity index (χ1) is 8.65. The molecule has 0 bridgehead atoms. The minimum Gasteiger partial charge on any atom is -0.481 e. The van der Waals surface area contributed by atoms with Gasteiger partial charge in [-0.2, -0.15) is 0 Å². The standard InChI is InChI=1S/C15H19FO2/c16-14-7-5-12(6-8-14)10-13(15(17)18)9-11-3-1-2-4-11/h5-8,11,13H,1-4,9-10H2,(H,17,18). The lowest BCUT2D eigenvalue weighted by atomic mass is 9.88. The average Bonchev–Trinajstić information content (AvgIpc) is 2.84. The SMILES string of the molecule is O=C(O)C(Cc1ccc(F)cc1)CC1CCCC1. The van der Waals surface area contributed by atoms with Gasteiger partial charge in [-0.15, -0.1) is 0 Å². The Morgan fingerprint density at radius 3 is 2.44 bits per heavy atom. The Bertz CT molecular complexity index is 393. The van der Waals surface area contributed by atoms with Crippen molar-refractivity contribution in [1.29, 1.82) is 0 Å². The van der Waals surface area contributed by atoms with Gasteiger partial charge in [0.05, 0.1) is 5.92 Å². The summed E-state index contributed by atoms with van der Waals surface area (Å²) in [6, 6.07) is 6.15. The fraction of sp³-hybridized carbons (Fsp3) is 0.533. The number of hydrogen-bond acceptors (Lipinski definition) is 1. The third-order valence-corrected chi connectivity index (χ3v) is 3.84. The fourth-order valence-electron chi connectivity index (χ4n) is 2.82. The zero-order valence-electron chi connectivity index (χ0n) is 10.4. The predicted molar refractivity (Wildman–Crippen MR) is 67.8 cm³/mol. The van der Waals surface area contributed by atoms with Crippen LogP contribution in [0.5, 0.6) is 0 Å². The second-order valence-electron chi connectivity index (χ2n) is 5.25. The maximum atomic E-state index is 12.8. The zero-order chi connectivity index (χ0) is 13.0. The van der Waals surface area contributed by atoms with Crippen LogP contribution in [0.25, 0.3) is 0 Å². The Kier molecular flexibility index (Phi) is 4.34. The van der Waals surface area contributed by atoms with Crippen molar-refractivity contribution in [3.8, 4) is 0 Å². The highest BCUT2D eigenvalue weighted by molar-refractivity contribution is 5.70. The number of halogens is 1. The molecular weight excluding hydrogens is 231 g/mol. The summed E-state index contributed by atoms with van der Waals surface area (Å²) in [6.07, 6.45) is 6.04. The van der Waals surface area contributed by atoms with Gasteiger partial charge in [-0.05, 0) is 36.5 Å². The van der Waals surface area contributed by atoms with Crippen molar-refractivity contribution in [3.63, 3.8) is 0 Å². The van der Waals surface area contributed by atoms with Crippen LogP contribution in [0.1, 0.15) is 37.7 Å². The number of aliphatic carboxylic acids is 1. The lowest BCUT2D eigenvalue weighted by Crippen LogP contribution is -2.19. The van der Waals surface area contributed by atoms with Crippen LogP contribution in [0.15, 0.2) is 24.3 Å². The maximum absolute atomic E-state index is 12.8. The van der Waals surface area contributed by atoms with Gasteiger partial charge >= 0.3 is 5.97 Å². The molecule has 1 unspecified atom stereocenters. The predicted octanol–water partition coefficient (Wildman–Crippen LogP) is 3.65. The molecule has 1 aromatic rings. The molecule has 18 heavy (non-hydrogen) atoms. The van der Waals surface area contributed by atoms with Crippen LogP contribution in [-0.2, 0) is 11.2 Å². The van der Waals surface area contributed by atoms with Crippen molar-refractivity contribution in [1.82, 2.24) is 0 Å². The number of carboxylic acid groups (broad SMARTS) is 1. The highest BCUT2D eigenvalue weighted by Gasteiger charge is 2.24. The van der Waals surface area contributed by atoms with Gasteiger partial charge in [0.1, 0.15) is 5.82 Å². The van der Waals surface area contributed by atoms with Gasteiger partial charge in [0, 0.05) is 0 Å². The Morgan fingerprint density at radius 1 is 1.28 bits per heavy atom. The summed E-state index contributed by atoms with van der Waals surface area (Å²) in [4.78, 5) is 11.3. The molecule has 1 saturated carbocycles. The van der Waals surface area contributed by atoms with Crippen LogP contribution >= 0.6 is 0 Å². The van der Waals surface area contributed by atoms with Gasteiger partial charge in [0.2, 0.25) is 0 Å². The summed E-state index contributed by atoms with van der Waals surface area (Å²) in [5.41, 5.74) is 0.904. The molecule has 0 aliphatic heterocycles. The summed E-state index contributed by atoms with van der Waals surface area (Å²) in [6.45, 7) is 0. The number of carboxylic acids is 1. The monoisotopic (exact) mass is 250 g/mol. The average molecular weight is 250 g/mol. The lowest BCUT2D eigenvalue weighted by Gasteiger charge is -2.16. The number of carbonyl (C=O) groups is 1. The fourth-order valence-corrected chi connectivity index (χ4v) is 2.82. The van der Waals surface area contributed by atoms with E-state index in [4.69, 9.17) is 0 Å². The quantitative estimate of drug-likeness (QED) is 0.866. The Balaban J connectivity index is 1.97. The highest BCUT2D eigenvalue weighted by atomic mass is 19.1. The summed E-state index contributed by atoms with van der Waals surface area (Å²) in [7, 11) is 0. The van der Waals surface area contributed by atoms with Crippen molar-refractivity contribution in [3.05, 3.63) is 35.6 Å². The number of rotatable bonds is 5. The van der Waals surface area contributed by atoms with E-state index in [0.29, 0.717) is 12.3 Å². The van der Waals surface area contributed by atoms with Crippen molar-refractivity contribution in [2.45, 2.75) is 38.5 Å².